The molecular weight excluding hydrogens is 204 g/mol. The van der Waals surface area contributed by atoms with Gasteiger partial charge >= 0.3 is 6.01 Å². The van der Waals surface area contributed by atoms with Crippen LogP contribution in [0.1, 0.15) is 5.69 Å². The minimum absolute atomic E-state index is 0.343. The smallest absolute Gasteiger partial charge is 0.316 e. The second-order valence-electron chi connectivity index (χ2n) is 3.33. The molecule has 5 heteroatoms. The molecule has 0 aromatic carbocycles. The van der Waals surface area contributed by atoms with Crippen LogP contribution in [0.25, 0.3) is 11.3 Å². The number of anilines is 1. The van der Waals surface area contributed by atoms with Gasteiger partial charge in [0.25, 0.3) is 0 Å². The summed E-state index contributed by atoms with van der Waals surface area (Å²) in [6.07, 6.45) is 3.34. The van der Waals surface area contributed by atoms with E-state index in [9.17, 15) is 0 Å². The first kappa shape index (κ1) is 10.4. The van der Waals surface area contributed by atoms with Gasteiger partial charge < -0.3 is 10.5 Å². The second kappa shape index (κ2) is 4.14. The fourth-order valence-corrected chi connectivity index (χ4v) is 1.29. The zero-order chi connectivity index (χ0) is 11.5. The maximum absolute atomic E-state index is 5.70. The van der Waals surface area contributed by atoms with Crippen LogP contribution in [0.5, 0.6) is 6.01 Å². The Bertz CT molecular complexity index is 496. The summed E-state index contributed by atoms with van der Waals surface area (Å²) in [6.45, 7) is 1.86. The molecule has 2 rings (SSSR count). The zero-order valence-electron chi connectivity index (χ0n) is 9.14. The van der Waals surface area contributed by atoms with Gasteiger partial charge in [-0.25, -0.2) is 9.97 Å². The number of rotatable bonds is 2. The molecule has 0 unspecified atom stereocenters. The van der Waals surface area contributed by atoms with Crippen molar-refractivity contribution in [3.8, 4) is 17.3 Å². The Kier molecular flexibility index (Phi) is 2.68. The molecule has 0 aliphatic rings. The number of hydrogen-bond donors (Lipinski definition) is 1. The Hall–Kier alpha value is -2.17. The Morgan fingerprint density at radius 1 is 1.19 bits per heavy atom. The van der Waals surface area contributed by atoms with Gasteiger partial charge in [-0.1, -0.05) is 0 Å². The summed E-state index contributed by atoms with van der Waals surface area (Å²) in [5, 5.41) is 0. The molecule has 0 saturated carbocycles. The van der Waals surface area contributed by atoms with Crippen LogP contribution in [-0.2, 0) is 0 Å². The van der Waals surface area contributed by atoms with E-state index < -0.39 is 0 Å². The zero-order valence-corrected chi connectivity index (χ0v) is 9.14. The Morgan fingerprint density at radius 2 is 1.88 bits per heavy atom. The summed E-state index contributed by atoms with van der Waals surface area (Å²) in [7, 11) is 1.53. The molecule has 0 aliphatic carbocycles. The molecule has 0 fully saturated rings. The molecule has 5 nitrogen and oxygen atoms in total. The second-order valence-corrected chi connectivity index (χ2v) is 3.33. The molecule has 0 atom stereocenters. The molecule has 0 radical (unpaired) electrons. The van der Waals surface area contributed by atoms with Crippen LogP contribution >= 0.6 is 0 Å². The fourth-order valence-electron chi connectivity index (χ4n) is 1.29. The van der Waals surface area contributed by atoms with E-state index in [4.69, 9.17) is 10.5 Å². The number of aromatic nitrogens is 3. The van der Waals surface area contributed by atoms with E-state index in [0.29, 0.717) is 11.7 Å². The summed E-state index contributed by atoms with van der Waals surface area (Å²) in [4.78, 5) is 12.4. The van der Waals surface area contributed by atoms with Crippen molar-refractivity contribution in [2.75, 3.05) is 12.8 Å². The van der Waals surface area contributed by atoms with Crippen LogP contribution in [0.4, 0.5) is 5.69 Å². The highest BCUT2D eigenvalue weighted by atomic mass is 16.5. The van der Waals surface area contributed by atoms with Crippen LogP contribution < -0.4 is 10.5 Å². The van der Waals surface area contributed by atoms with Crippen LogP contribution in [0.2, 0.25) is 0 Å². The molecule has 0 saturated heterocycles. The summed E-state index contributed by atoms with van der Waals surface area (Å²) < 4.78 is 4.89. The third kappa shape index (κ3) is 1.93. The first-order valence-electron chi connectivity index (χ1n) is 4.80. The van der Waals surface area contributed by atoms with E-state index in [-0.39, 0.29) is 0 Å². The molecule has 0 spiro atoms. The maximum Gasteiger partial charge on any atom is 0.316 e. The minimum Gasteiger partial charge on any atom is -0.467 e. The molecule has 2 aromatic heterocycles. The third-order valence-corrected chi connectivity index (χ3v) is 2.23. The van der Waals surface area contributed by atoms with E-state index in [0.717, 1.165) is 17.0 Å². The number of aryl methyl sites for hydroxylation is 1. The van der Waals surface area contributed by atoms with Crippen LogP contribution in [0.15, 0.2) is 24.5 Å². The molecule has 2 heterocycles. The monoisotopic (exact) mass is 216 g/mol. The molecule has 82 valence electrons. The Morgan fingerprint density at radius 3 is 2.44 bits per heavy atom. The number of nitrogen functional groups attached to an aromatic ring is 1. The Balaban J connectivity index is 2.38. The van der Waals surface area contributed by atoms with Crippen molar-refractivity contribution in [1.29, 1.82) is 0 Å². The number of nitrogens with two attached hydrogens (primary N) is 1. The van der Waals surface area contributed by atoms with Crippen LogP contribution in [-0.4, -0.2) is 22.1 Å². The van der Waals surface area contributed by atoms with Gasteiger partial charge in [-0.3, -0.25) is 4.98 Å². The molecule has 16 heavy (non-hydrogen) atoms. The van der Waals surface area contributed by atoms with Crippen molar-refractivity contribution in [3.05, 3.63) is 30.2 Å². The number of methoxy groups -OCH3 is 1. The van der Waals surface area contributed by atoms with E-state index in [1.54, 1.807) is 12.4 Å². The van der Waals surface area contributed by atoms with Gasteiger partial charge in [0, 0.05) is 18.0 Å². The van der Waals surface area contributed by atoms with Crippen molar-refractivity contribution in [2.45, 2.75) is 6.92 Å². The topological polar surface area (TPSA) is 73.9 Å². The lowest BCUT2D eigenvalue weighted by molar-refractivity contribution is 0.380. The first-order chi connectivity index (χ1) is 7.70. The summed E-state index contributed by atoms with van der Waals surface area (Å²) in [5.74, 6) is 0. The highest BCUT2D eigenvalue weighted by molar-refractivity contribution is 5.60. The molecule has 0 amide bonds. The summed E-state index contributed by atoms with van der Waals surface area (Å²) >= 11 is 0. The van der Waals surface area contributed by atoms with Crippen LogP contribution in [0.3, 0.4) is 0 Å². The highest BCUT2D eigenvalue weighted by Crippen LogP contribution is 2.19. The lowest BCUT2D eigenvalue weighted by Crippen LogP contribution is -1.96. The minimum atomic E-state index is 0.343. The quantitative estimate of drug-likeness (QED) is 0.822. The SMILES string of the molecule is COc1ncc(-c2ccc(N)c(C)n2)cn1. The fraction of sp³-hybridized carbons (Fsp3) is 0.182. The normalized spacial score (nSPS) is 10.1. The van der Waals surface area contributed by atoms with Gasteiger partial charge in [-0.2, -0.15) is 0 Å². The number of ether oxygens (including phenoxy) is 1. The molecule has 2 N–H and O–H groups in total. The predicted octanol–water partition coefficient (Wildman–Crippen LogP) is 1.44. The highest BCUT2D eigenvalue weighted by Gasteiger charge is 2.03. The van der Waals surface area contributed by atoms with Gasteiger partial charge in [-0.15, -0.1) is 0 Å². The van der Waals surface area contributed by atoms with Gasteiger partial charge in [0.05, 0.1) is 24.2 Å². The van der Waals surface area contributed by atoms with Crippen LogP contribution in [0, 0.1) is 6.92 Å². The molecular formula is C11H12N4O. The molecule has 0 bridgehead atoms. The average Bonchev–Trinajstić information content (AvgIpc) is 2.33. The van der Waals surface area contributed by atoms with E-state index in [1.165, 1.54) is 7.11 Å². The average molecular weight is 216 g/mol. The summed E-state index contributed by atoms with van der Waals surface area (Å²) in [5.41, 5.74) is 8.81. The van der Waals surface area contributed by atoms with Crippen molar-refractivity contribution in [3.63, 3.8) is 0 Å². The van der Waals surface area contributed by atoms with Gasteiger partial charge in [0.15, 0.2) is 0 Å². The van der Waals surface area contributed by atoms with E-state index >= 15 is 0 Å². The Labute approximate surface area is 93.3 Å². The van der Waals surface area contributed by atoms with Crippen molar-refractivity contribution < 1.29 is 4.74 Å². The predicted molar refractivity (Wildman–Crippen MR) is 61.0 cm³/mol. The number of hydrogen-bond acceptors (Lipinski definition) is 5. The van der Waals surface area contributed by atoms with Gasteiger partial charge in [0.1, 0.15) is 0 Å². The summed E-state index contributed by atoms with van der Waals surface area (Å²) in [6, 6.07) is 4.01. The third-order valence-electron chi connectivity index (χ3n) is 2.23. The first-order valence-corrected chi connectivity index (χ1v) is 4.80. The standard InChI is InChI=1S/C11H12N4O/c1-7-9(12)3-4-10(15-7)8-5-13-11(16-2)14-6-8/h3-6H,12H2,1-2H3. The number of pyridine rings is 1. The maximum atomic E-state index is 5.70. The van der Waals surface area contributed by atoms with Gasteiger partial charge in [-0.05, 0) is 19.1 Å². The molecule has 0 aliphatic heterocycles. The lowest BCUT2D eigenvalue weighted by atomic mass is 10.2. The van der Waals surface area contributed by atoms with Crippen molar-refractivity contribution in [1.82, 2.24) is 15.0 Å². The molecule has 2 aromatic rings. The number of nitrogens with zero attached hydrogens (tertiary/aromatic N) is 3. The van der Waals surface area contributed by atoms with Crippen molar-refractivity contribution >= 4 is 5.69 Å². The lowest BCUT2D eigenvalue weighted by Gasteiger charge is -2.04. The van der Waals surface area contributed by atoms with Crippen molar-refractivity contribution in [2.24, 2.45) is 0 Å². The largest absolute Gasteiger partial charge is 0.467 e. The van der Waals surface area contributed by atoms with E-state index in [1.807, 2.05) is 19.1 Å². The van der Waals surface area contributed by atoms with Gasteiger partial charge in [0.2, 0.25) is 0 Å². The van der Waals surface area contributed by atoms with E-state index in [2.05, 4.69) is 15.0 Å².